The zero-order chi connectivity index (χ0) is 14.8. The van der Waals surface area contributed by atoms with E-state index >= 15 is 0 Å². The number of allylic oxidation sites excluding steroid dienone is 1. The van der Waals surface area contributed by atoms with Crippen molar-refractivity contribution in [3.63, 3.8) is 0 Å². The van der Waals surface area contributed by atoms with E-state index in [9.17, 15) is 4.79 Å². The Kier molecular flexibility index (Phi) is 3.50. The molecule has 1 heterocycles. The fourth-order valence-corrected chi connectivity index (χ4v) is 3.25. The Morgan fingerprint density at radius 3 is 3.10 bits per heavy atom. The second-order valence-electron chi connectivity index (χ2n) is 5.38. The Balaban J connectivity index is 2.02. The Bertz CT molecular complexity index is 673. The predicted octanol–water partition coefficient (Wildman–Crippen LogP) is 3.77. The molecule has 1 aromatic rings. The van der Waals surface area contributed by atoms with Gasteiger partial charge in [0.1, 0.15) is 0 Å². The van der Waals surface area contributed by atoms with Crippen molar-refractivity contribution in [2.24, 2.45) is 5.11 Å². The van der Waals surface area contributed by atoms with Crippen LogP contribution in [0.4, 0.5) is 0 Å². The molecule has 2 aliphatic rings. The third-order valence-electron chi connectivity index (χ3n) is 4.14. The minimum Gasteiger partial charge on any atom is -0.327 e. The lowest BCUT2D eigenvalue weighted by Crippen LogP contribution is -2.48. The van der Waals surface area contributed by atoms with Crippen molar-refractivity contribution in [3.8, 4) is 0 Å². The van der Waals surface area contributed by atoms with Crippen LogP contribution in [0, 0.1) is 0 Å². The van der Waals surface area contributed by atoms with E-state index in [-0.39, 0.29) is 18.5 Å². The number of rotatable bonds is 3. The van der Waals surface area contributed by atoms with Gasteiger partial charge < -0.3 is 4.90 Å². The van der Waals surface area contributed by atoms with E-state index in [1.165, 1.54) is 0 Å². The number of azide groups is 1. The van der Waals surface area contributed by atoms with E-state index in [2.05, 4.69) is 28.8 Å². The Hall–Kier alpha value is -2.52. The molecule has 0 radical (unpaired) electrons. The summed E-state index contributed by atoms with van der Waals surface area (Å²) in [5.74, 6) is 0.287. The average Bonchev–Trinajstić information content (AvgIpc) is 2.52. The van der Waals surface area contributed by atoms with E-state index in [0.29, 0.717) is 11.6 Å². The summed E-state index contributed by atoms with van der Waals surface area (Å²) < 4.78 is 0. The standard InChI is InChI=1S/C16H16N4O/c1-11(18-19-17)10-20-15-9-5-4-7-13(15)12-6-2-3-8-14(12)16(20)21/h2-3,5-6,8-9,13,15H,1,4,7,10H2/t13-,15-/m0/s1. The number of carbonyl (C=O) groups excluding carboxylic acids is 1. The lowest BCUT2D eigenvalue weighted by molar-refractivity contribution is 0.0671. The summed E-state index contributed by atoms with van der Waals surface area (Å²) in [6.07, 6.45) is 6.25. The summed E-state index contributed by atoms with van der Waals surface area (Å²) in [6.45, 7) is 3.99. The third-order valence-corrected chi connectivity index (χ3v) is 4.14. The molecule has 3 rings (SSSR count). The Morgan fingerprint density at radius 1 is 1.48 bits per heavy atom. The first-order valence-corrected chi connectivity index (χ1v) is 7.02. The molecular weight excluding hydrogens is 264 g/mol. The van der Waals surface area contributed by atoms with Gasteiger partial charge in [-0.3, -0.25) is 4.79 Å². The quantitative estimate of drug-likeness (QED) is 0.359. The fraction of sp³-hybridized carbons (Fsp3) is 0.312. The molecule has 5 nitrogen and oxygen atoms in total. The van der Waals surface area contributed by atoms with Crippen molar-refractivity contribution in [1.82, 2.24) is 4.90 Å². The van der Waals surface area contributed by atoms with Crippen LogP contribution < -0.4 is 0 Å². The first-order valence-electron chi connectivity index (χ1n) is 7.02. The largest absolute Gasteiger partial charge is 0.327 e. The van der Waals surface area contributed by atoms with E-state index in [0.717, 1.165) is 24.0 Å². The summed E-state index contributed by atoms with van der Waals surface area (Å²) in [7, 11) is 0. The van der Waals surface area contributed by atoms with E-state index in [4.69, 9.17) is 5.53 Å². The molecule has 0 saturated carbocycles. The maximum Gasteiger partial charge on any atom is 0.254 e. The molecule has 0 N–H and O–H groups in total. The Morgan fingerprint density at radius 2 is 2.29 bits per heavy atom. The first-order chi connectivity index (χ1) is 10.2. The molecule has 1 aliphatic carbocycles. The molecule has 1 amide bonds. The van der Waals surface area contributed by atoms with E-state index < -0.39 is 0 Å². The zero-order valence-electron chi connectivity index (χ0n) is 11.6. The van der Waals surface area contributed by atoms with Crippen LogP contribution >= 0.6 is 0 Å². The maximum atomic E-state index is 12.7. The molecule has 1 aliphatic heterocycles. The first kappa shape index (κ1) is 13.5. The van der Waals surface area contributed by atoms with Gasteiger partial charge in [0.2, 0.25) is 0 Å². The number of amides is 1. The van der Waals surface area contributed by atoms with Gasteiger partial charge in [-0.25, -0.2) is 0 Å². The van der Waals surface area contributed by atoms with Crippen molar-refractivity contribution < 1.29 is 4.79 Å². The van der Waals surface area contributed by atoms with Gasteiger partial charge in [-0.15, -0.1) is 0 Å². The van der Waals surface area contributed by atoms with Crippen molar-refractivity contribution in [2.45, 2.75) is 24.8 Å². The van der Waals surface area contributed by atoms with Gasteiger partial charge in [0.15, 0.2) is 0 Å². The summed E-state index contributed by atoms with van der Waals surface area (Å²) in [4.78, 5) is 17.2. The highest BCUT2D eigenvalue weighted by molar-refractivity contribution is 5.97. The number of hydrogen-bond acceptors (Lipinski definition) is 2. The van der Waals surface area contributed by atoms with Crippen LogP contribution in [0.1, 0.15) is 34.7 Å². The summed E-state index contributed by atoms with van der Waals surface area (Å²) in [5, 5.41) is 3.51. The van der Waals surface area contributed by atoms with Crippen molar-refractivity contribution in [2.75, 3.05) is 6.54 Å². The minimum atomic E-state index is -0.0207. The van der Waals surface area contributed by atoms with Gasteiger partial charge >= 0.3 is 0 Å². The molecule has 0 bridgehead atoms. The van der Waals surface area contributed by atoms with Crippen molar-refractivity contribution in [3.05, 3.63) is 70.3 Å². The summed E-state index contributed by atoms with van der Waals surface area (Å²) in [6, 6.07) is 7.80. The molecule has 0 spiro atoms. The predicted molar refractivity (Wildman–Crippen MR) is 80.7 cm³/mol. The van der Waals surface area contributed by atoms with Crippen LogP contribution in [0.2, 0.25) is 0 Å². The normalized spacial score (nSPS) is 23.0. The topological polar surface area (TPSA) is 69.1 Å². The molecule has 0 unspecified atom stereocenters. The second-order valence-corrected chi connectivity index (χ2v) is 5.38. The molecule has 0 fully saturated rings. The van der Waals surface area contributed by atoms with Crippen LogP contribution in [0.5, 0.6) is 0 Å². The second kappa shape index (κ2) is 5.46. The van der Waals surface area contributed by atoms with Gasteiger partial charge in [0.25, 0.3) is 5.91 Å². The molecule has 21 heavy (non-hydrogen) atoms. The molecule has 1 aromatic carbocycles. The van der Waals surface area contributed by atoms with Crippen LogP contribution in [0.3, 0.4) is 0 Å². The highest BCUT2D eigenvalue weighted by Gasteiger charge is 2.38. The highest BCUT2D eigenvalue weighted by Crippen LogP contribution is 2.39. The lowest BCUT2D eigenvalue weighted by atomic mass is 9.77. The molecule has 0 saturated heterocycles. The van der Waals surface area contributed by atoms with Crippen LogP contribution in [0.15, 0.2) is 53.8 Å². The average molecular weight is 280 g/mol. The molecule has 0 aromatic heterocycles. The van der Waals surface area contributed by atoms with Gasteiger partial charge in [0, 0.05) is 28.6 Å². The Labute approximate surface area is 123 Å². The van der Waals surface area contributed by atoms with E-state index in [1.54, 1.807) is 4.90 Å². The van der Waals surface area contributed by atoms with Gasteiger partial charge in [0.05, 0.1) is 6.04 Å². The number of fused-ring (bicyclic) bond motifs is 3. The third kappa shape index (κ3) is 2.32. The number of nitrogens with zero attached hydrogens (tertiary/aromatic N) is 4. The van der Waals surface area contributed by atoms with Gasteiger partial charge in [-0.1, -0.05) is 42.0 Å². The van der Waals surface area contributed by atoms with Crippen LogP contribution in [-0.2, 0) is 0 Å². The van der Waals surface area contributed by atoms with Crippen LogP contribution in [-0.4, -0.2) is 23.4 Å². The van der Waals surface area contributed by atoms with Crippen LogP contribution in [0.25, 0.3) is 10.4 Å². The smallest absolute Gasteiger partial charge is 0.254 e. The molecule has 2 atom stereocenters. The maximum absolute atomic E-state index is 12.7. The highest BCUT2D eigenvalue weighted by atomic mass is 16.2. The lowest BCUT2D eigenvalue weighted by Gasteiger charge is -2.42. The number of benzene rings is 1. The minimum absolute atomic E-state index is 0.0202. The van der Waals surface area contributed by atoms with Gasteiger partial charge in [-0.2, -0.15) is 0 Å². The fourth-order valence-electron chi connectivity index (χ4n) is 3.25. The molecule has 106 valence electrons. The van der Waals surface area contributed by atoms with Gasteiger partial charge in [-0.05, 0) is 30.0 Å². The number of carbonyl (C=O) groups is 1. The zero-order valence-corrected chi connectivity index (χ0v) is 11.6. The molecular formula is C16H16N4O. The molecule has 5 heteroatoms. The SMILES string of the molecule is C=C(CN1C(=O)c2ccccc2[C@@H]2CCC=C[C@@H]21)N=[N+]=[N-]. The van der Waals surface area contributed by atoms with E-state index in [1.807, 2.05) is 24.3 Å². The van der Waals surface area contributed by atoms with Crippen molar-refractivity contribution in [1.29, 1.82) is 0 Å². The summed E-state index contributed by atoms with van der Waals surface area (Å²) >= 11 is 0. The monoisotopic (exact) mass is 280 g/mol. The number of hydrogen-bond donors (Lipinski definition) is 0. The summed E-state index contributed by atoms with van der Waals surface area (Å²) in [5.41, 5.74) is 10.7. The van der Waals surface area contributed by atoms with Crippen molar-refractivity contribution >= 4 is 5.91 Å².